The van der Waals surface area contributed by atoms with Gasteiger partial charge in [-0.2, -0.15) is 5.26 Å². The number of anilines is 1. The lowest BCUT2D eigenvalue weighted by atomic mass is 9.90. The molecule has 0 radical (unpaired) electrons. The molecule has 1 aromatic rings. The van der Waals surface area contributed by atoms with Crippen LogP contribution in [0.25, 0.3) is 0 Å². The summed E-state index contributed by atoms with van der Waals surface area (Å²) in [5, 5.41) is 11.7. The van der Waals surface area contributed by atoms with E-state index in [1.165, 1.54) is 0 Å². The Morgan fingerprint density at radius 2 is 1.93 bits per heavy atom. The Bertz CT molecular complexity index is 845. The molecule has 0 unspecified atom stereocenters. The number of ether oxygens (including phenoxy) is 1. The van der Waals surface area contributed by atoms with Crippen LogP contribution in [0.3, 0.4) is 0 Å². The molecule has 1 aromatic carbocycles. The van der Waals surface area contributed by atoms with Crippen LogP contribution in [0.5, 0.6) is 0 Å². The third-order valence-corrected chi connectivity index (χ3v) is 5.33. The van der Waals surface area contributed by atoms with Gasteiger partial charge in [-0.15, -0.1) is 0 Å². The van der Waals surface area contributed by atoms with E-state index in [-0.39, 0.29) is 5.92 Å². The molecule has 0 spiro atoms. The molecule has 1 N–H and O–H groups in total. The summed E-state index contributed by atoms with van der Waals surface area (Å²) in [6.45, 7) is 5.69. The van der Waals surface area contributed by atoms with Crippen molar-refractivity contribution in [3.63, 3.8) is 0 Å². The number of sulfonamides is 1. The van der Waals surface area contributed by atoms with Gasteiger partial charge >= 0.3 is 5.97 Å². The number of hydrogen-bond donors (Lipinski definition) is 1. The number of carbonyl (C=O) groups excluding carboxylic acids is 2. The summed E-state index contributed by atoms with van der Waals surface area (Å²) < 4.78 is 29.9. The van der Waals surface area contributed by atoms with Crippen LogP contribution >= 0.6 is 0 Å². The molecule has 0 aromatic heterocycles. The number of carbonyl (C=O) groups is 2. The second kappa shape index (κ2) is 8.86. The Morgan fingerprint density at radius 1 is 1.33 bits per heavy atom. The summed E-state index contributed by atoms with van der Waals surface area (Å²) in [4.78, 5) is 24.0. The van der Waals surface area contributed by atoms with Gasteiger partial charge in [0, 0.05) is 0 Å². The highest BCUT2D eigenvalue weighted by atomic mass is 32.2. The molecule has 0 saturated heterocycles. The number of nitrogens with one attached hydrogen (secondary N) is 1. The van der Waals surface area contributed by atoms with Crippen LogP contribution in [-0.2, 0) is 24.3 Å². The average Bonchev–Trinajstić information content (AvgIpc) is 2.57. The van der Waals surface area contributed by atoms with E-state index in [1.54, 1.807) is 52.0 Å². The van der Waals surface area contributed by atoms with Crippen LogP contribution in [0.2, 0.25) is 0 Å². The topological polar surface area (TPSA) is 117 Å². The number of esters is 1. The fourth-order valence-corrected chi connectivity index (χ4v) is 3.06. The molecule has 0 saturated carbocycles. The first-order chi connectivity index (χ1) is 12.4. The van der Waals surface area contributed by atoms with E-state index in [2.05, 4.69) is 5.32 Å². The second-order valence-electron chi connectivity index (χ2n) is 6.73. The molecule has 27 heavy (non-hydrogen) atoms. The molecule has 1 atom stereocenters. The Kier molecular flexibility index (Phi) is 7.37. The van der Waals surface area contributed by atoms with Crippen LogP contribution < -0.4 is 9.62 Å². The maximum absolute atomic E-state index is 12.1. The summed E-state index contributed by atoms with van der Waals surface area (Å²) >= 11 is 0. The smallest absolute Gasteiger partial charge is 0.327 e. The van der Waals surface area contributed by atoms with Gasteiger partial charge in [-0.3, -0.25) is 13.9 Å². The lowest BCUT2D eigenvalue weighted by molar-refractivity contribution is -0.147. The van der Waals surface area contributed by atoms with E-state index < -0.39 is 40.6 Å². The maximum Gasteiger partial charge on any atom is 0.327 e. The summed E-state index contributed by atoms with van der Waals surface area (Å²) in [5.41, 5.74) is -0.0582. The van der Waals surface area contributed by atoms with Crippen LogP contribution in [0, 0.1) is 24.2 Å². The van der Waals surface area contributed by atoms with Gasteiger partial charge in [0.2, 0.25) is 10.0 Å². The number of rotatable bonds is 8. The predicted octanol–water partition coefficient (Wildman–Crippen LogP) is 1.36. The molecule has 0 fully saturated rings. The van der Waals surface area contributed by atoms with E-state index in [0.717, 1.165) is 10.6 Å². The van der Waals surface area contributed by atoms with E-state index in [0.29, 0.717) is 11.3 Å². The zero-order valence-corrected chi connectivity index (χ0v) is 17.0. The number of nitriles is 1. The first kappa shape index (κ1) is 22.4. The monoisotopic (exact) mass is 395 g/mol. The minimum Gasteiger partial charge on any atom is -0.454 e. The van der Waals surface area contributed by atoms with Crippen molar-refractivity contribution < 1.29 is 22.7 Å². The molecule has 9 heteroatoms. The van der Waals surface area contributed by atoms with Gasteiger partial charge in [0.05, 0.1) is 18.0 Å². The predicted molar refractivity (Wildman–Crippen MR) is 101 cm³/mol. The molecule has 0 aliphatic heterocycles. The Hall–Kier alpha value is -2.60. The normalized spacial score (nSPS) is 13.4. The standard InChI is InChI=1S/C18H25N3O5S/c1-13(2)18(4,12-19)20-16(22)11-26-17(23)10-21(27(5,24)25)15-9-7-6-8-14(15)3/h6-9,13H,10-11H2,1-5H3,(H,20,22)/t18-/m1/s1. The summed E-state index contributed by atoms with van der Waals surface area (Å²) in [6, 6.07) is 8.73. The van der Waals surface area contributed by atoms with Crippen LogP contribution in [0.4, 0.5) is 5.69 Å². The van der Waals surface area contributed by atoms with Crippen molar-refractivity contribution in [2.45, 2.75) is 33.2 Å². The Balaban J connectivity index is 2.78. The van der Waals surface area contributed by atoms with E-state index in [9.17, 15) is 23.3 Å². The van der Waals surface area contributed by atoms with Crippen molar-refractivity contribution in [2.75, 3.05) is 23.7 Å². The zero-order chi connectivity index (χ0) is 20.8. The van der Waals surface area contributed by atoms with Gasteiger partial charge in [0.15, 0.2) is 6.61 Å². The minimum atomic E-state index is -3.73. The lowest BCUT2D eigenvalue weighted by Gasteiger charge is -2.27. The molecule has 0 aliphatic rings. The molecular weight excluding hydrogens is 370 g/mol. The van der Waals surface area contributed by atoms with Crippen LogP contribution in [0.15, 0.2) is 24.3 Å². The van der Waals surface area contributed by atoms with Gasteiger partial charge in [-0.1, -0.05) is 32.0 Å². The summed E-state index contributed by atoms with van der Waals surface area (Å²) in [5.74, 6) is -1.66. The molecule has 0 aliphatic carbocycles. The SMILES string of the molecule is Cc1ccccc1N(CC(=O)OCC(=O)N[C@](C)(C#N)C(C)C)S(C)(=O)=O. The number of benzene rings is 1. The number of para-hydroxylation sites is 1. The van der Waals surface area contributed by atoms with Crippen molar-refractivity contribution in [1.82, 2.24) is 5.32 Å². The summed E-state index contributed by atoms with van der Waals surface area (Å²) in [7, 11) is -3.73. The fourth-order valence-electron chi connectivity index (χ4n) is 2.16. The molecule has 8 nitrogen and oxygen atoms in total. The largest absolute Gasteiger partial charge is 0.454 e. The van der Waals surface area contributed by atoms with Crippen molar-refractivity contribution in [2.24, 2.45) is 5.92 Å². The number of amides is 1. The molecular formula is C18H25N3O5S. The molecule has 0 heterocycles. The van der Waals surface area contributed by atoms with E-state index >= 15 is 0 Å². The van der Waals surface area contributed by atoms with Crippen LogP contribution in [-0.4, -0.2) is 45.2 Å². The highest BCUT2D eigenvalue weighted by molar-refractivity contribution is 7.92. The Morgan fingerprint density at radius 3 is 2.41 bits per heavy atom. The molecule has 148 valence electrons. The molecule has 0 bridgehead atoms. The highest BCUT2D eigenvalue weighted by Gasteiger charge is 2.30. The average molecular weight is 395 g/mol. The third-order valence-electron chi connectivity index (χ3n) is 4.21. The third kappa shape index (κ3) is 6.25. The molecule has 1 rings (SSSR count). The molecule has 1 amide bonds. The fraction of sp³-hybridized carbons (Fsp3) is 0.500. The highest BCUT2D eigenvalue weighted by Crippen LogP contribution is 2.21. The number of aryl methyl sites for hydroxylation is 1. The maximum atomic E-state index is 12.1. The van der Waals surface area contributed by atoms with E-state index in [4.69, 9.17) is 4.74 Å². The van der Waals surface area contributed by atoms with Gasteiger partial charge in [-0.05, 0) is 31.4 Å². The number of nitrogens with zero attached hydrogens (tertiary/aromatic N) is 2. The minimum absolute atomic E-state index is 0.149. The van der Waals surface area contributed by atoms with E-state index in [1.807, 2.05) is 6.07 Å². The summed E-state index contributed by atoms with van der Waals surface area (Å²) in [6.07, 6.45) is 0.987. The van der Waals surface area contributed by atoms with Crippen molar-refractivity contribution in [1.29, 1.82) is 5.26 Å². The van der Waals surface area contributed by atoms with Crippen molar-refractivity contribution in [3.05, 3.63) is 29.8 Å². The number of hydrogen-bond acceptors (Lipinski definition) is 6. The first-order valence-electron chi connectivity index (χ1n) is 8.32. The van der Waals surface area contributed by atoms with Gasteiger partial charge in [-0.25, -0.2) is 8.42 Å². The quantitative estimate of drug-likeness (QED) is 0.664. The van der Waals surface area contributed by atoms with Crippen molar-refractivity contribution in [3.8, 4) is 6.07 Å². The zero-order valence-electron chi connectivity index (χ0n) is 16.1. The van der Waals surface area contributed by atoms with Gasteiger partial charge < -0.3 is 10.1 Å². The van der Waals surface area contributed by atoms with Crippen LogP contribution in [0.1, 0.15) is 26.3 Å². The first-order valence-corrected chi connectivity index (χ1v) is 10.2. The van der Waals surface area contributed by atoms with Crippen molar-refractivity contribution >= 4 is 27.6 Å². The Labute approximate surface area is 160 Å². The lowest BCUT2D eigenvalue weighted by Crippen LogP contribution is -2.50. The van der Waals surface area contributed by atoms with Gasteiger partial charge in [0.1, 0.15) is 12.1 Å². The van der Waals surface area contributed by atoms with Gasteiger partial charge in [0.25, 0.3) is 5.91 Å². The second-order valence-corrected chi connectivity index (χ2v) is 8.64.